The zero-order valence-electron chi connectivity index (χ0n) is 23.5. The number of rotatable bonds is 5. The predicted octanol–water partition coefficient (Wildman–Crippen LogP) is 3.32. The first-order chi connectivity index (χ1) is 17.7. The van der Waals surface area contributed by atoms with Crippen molar-refractivity contribution in [3.63, 3.8) is 0 Å². The van der Waals surface area contributed by atoms with E-state index in [4.69, 9.17) is 22.9 Å². The summed E-state index contributed by atoms with van der Waals surface area (Å²) in [5.74, 6) is 3.13. The van der Waals surface area contributed by atoms with Crippen LogP contribution in [0.2, 0.25) is 0 Å². The Balaban J connectivity index is 0.000000201. The van der Waals surface area contributed by atoms with E-state index in [1.807, 2.05) is 52.3 Å². The molecule has 206 valence electrons. The molecule has 0 amide bonds. The van der Waals surface area contributed by atoms with Crippen molar-refractivity contribution in [1.82, 2.24) is 34.5 Å². The Bertz CT molecular complexity index is 1230. The lowest BCUT2D eigenvalue weighted by Crippen LogP contribution is -2.12. The fourth-order valence-electron chi connectivity index (χ4n) is 3.44. The van der Waals surface area contributed by atoms with Gasteiger partial charge in [-0.2, -0.15) is 15.0 Å². The quantitative estimate of drug-likeness (QED) is 0.222. The van der Waals surface area contributed by atoms with Gasteiger partial charge in [0.15, 0.2) is 0 Å². The van der Waals surface area contributed by atoms with E-state index >= 15 is 0 Å². The Labute approximate surface area is 223 Å². The van der Waals surface area contributed by atoms with E-state index in [9.17, 15) is 0 Å². The van der Waals surface area contributed by atoms with Gasteiger partial charge >= 0.3 is 0 Å². The molecule has 0 aliphatic carbocycles. The first-order valence-corrected chi connectivity index (χ1v) is 12.4. The number of nitrogens with zero attached hydrogens (tertiary/aromatic N) is 7. The third-order valence-corrected chi connectivity index (χ3v) is 4.90. The van der Waals surface area contributed by atoms with Gasteiger partial charge in [0.05, 0.1) is 17.2 Å². The Hall–Kier alpha value is -4.42. The number of nitrogen functional groups attached to an aromatic ring is 4. The maximum absolute atomic E-state index is 5.57. The number of nitrogens with two attached hydrogens (primary N) is 4. The van der Waals surface area contributed by atoms with Crippen LogP contribution in [0.25, 0.3) is 11.0 Å². The summed E-state index contributed by atoms with van der Waals surface area (Å²) >= 11 is 0. The van der Waals surface area contributed by atoms with Gasteiger partial charge in [-0.25, -0.2) is 15.0 Å². The van der Waals surface area contributed by atoms with Crippen molar-refractivity contribution < 1.29 is 0 Å². The number of anilines is 6. The molecule has 0 atom stereocenters. The summed E-state index contributed by atoms with van der Waals surface area (Å²) in [7, 11) is 1.99. The fourth-order valence-corrected chi connectivity index (χ4v) is 3.44. The van der Waals surface area contributed by atoms with E-state index in [0.29, 0.717) is 41.5 Å². The minimum Gasteiger partial charge on any atom is -0.383 e. The van der Waals surface area contributed by atoms with E-state index in [2.05, 4.69) is 60.6 Å². The number of fused-ring (bicyclic) bond motifs is 1. The molecule has 0 unspecified atom stereocenters. The molecular formula is C25H41N13. The molecule has 13 nitrogen and oxygen atoms in total. The highest BCUT2D eigenvalue weighted by Gasteiger charge is 2.11. The number of hydrogen-bond acceptors (Lipinski definition) is 12. The molecule has 0 aliphatic rings. The summed E-state index contributed by atoms with van der Waals surface area (Å²) in [6.07, 6.45) is 3.85. The number of aryl methyl sites for hydroxylation is 2. The lowest BCUT2D eigenvalue weighted by Gasteiger charge is -2.09. The van der Waals surface area contributed by atoms with Crippen LogP contribution in [0.3, 0.4) is 0 Å². The summed E-state index contributed by atoms with van der Waals surface area (Å²) in [5, 5.41) is 6.23. The summed E-state index contributed by atoms with van der Waals surface area (Å²) in [4.78, 5) is 23.9. The van der Waals surface area contributed by atoms with Crippen LogP contribution in [0, 0.1) is 6.92 Å². The average Bonchev–Trinajstić information content (AvgIpc) is 3.08. The van der Waals surface area contributed by atoms with Crippen LogP contribution in [0.4, 0.5) is 35.3 Å². The maximum Gasteiger partial charge on any atom is 0.223 e. The lowest BCUT2D eigenvalue weighted by molar-refractivity contribution is 0.856. The highest BCUT2D eigenvalue weighted by molar-refractivity contribution is 5.80. The second-order valence-corrected chi connectivity index (χ2v) is 9.70. The van der Waals surface area contributed by atoms with Gasteiger partial charge in [0.1, 0.15) is 17.5 Å². The van der Waals surface area contributed by atoms with Gasteiger partial charge in [-0.05, 0) is 46.1 Å². The minimum atomic E-state index is 0.193. The van der Waals surface area contributed by atoms with Crippen molar-refractivity contribution in [2.75, 3.05) is 33.6 Å². The molecule has 4 rings (SSSR count). The van der Waals surface area contributed by atoms with E-state index in [1.54, 1.807) is 12.3 Å². The largest absolute Gasteiger partial charge is 0.383 e. The number of nitrogens with one attached hydrogen (secondary N) is 2. The summed E-state index contributed by atoms with van der Waals surface area (Å²) in [6, 6.07) is 4.18. The molecule has 0 saturated heterocycles. The lowest BCUT2D eigenvalue weighted by atomic mass is 10.1. The van der Waals surface area contributed by atoms with E-state index in [0.717, 1.165) is 22.5 Å². The molecule has 0 saturated carbocycles. The summed E-state index contributed by atoms with van der Waals surface area (Å²) in [6.45, 7) is 14.3. The first-order valence-electron chi connectivity index (χ1n) is 12.4. The van der Waals surface area contributed by atoms with Crippen molar-refractivity contribution in [2.24, 2.45) is 7.05 Å². The Morgan fingerprint density at radius 3 is 1.79 bits per heavy atom. The van der Waals surface area contributed by atoms with Crippen LogP contribution in [-0.4, -0.2) is 46.6 Å². The molecule has 0 fully saturated rings. The van der Waals surface area contributed by atoms with E-state index in [1.165, 1.54) is 5.56 Å². The third-order valence-electron chi connectivity index (χ3n) is 4.90. The molecule has 4 aromatic heterocycles. The molecule has 4 aromatic rings. The second-order valence-electron chi connectivity index (χ2n) is 9.70. The summed E-state index contributed by atoms with van der Waals surface area (Å²) in [5.41, 5.74) is 26.0. The Morgan fingerprint density at radius 2 is 1.29 bits per heavy atom. The van der Waals surface area contributed by atoms with E-state index in [-0.39, 0.29) is 5.95 Å². The van der Waals surface area contributed by atoms with Gasteiger partial charge in [0.25, 0.3) is 0 Å². The number of aromatic nitrogens is 7. The van der Waals surface area contributed by atoms with Crippen molar-refractivity contribution in [3.05, 3.63) is 35.8 Å². The molecule has 0 spiro atoms. The van der Waals surface area contributed by atoms with Gasteiger partial charge in [-0.1, -0.05) is 13.8 Å². The first kappa shape index (κ1) is 29.8. The zero-order valence-corrected chi connectivity index (χ0v) is 23.5. The van der Waals surface area contributed by atoms with Gasteiger partial charge < -0.3 is 38.1 Å². The maximum atomic E-state index is 5.57. The van der Waals surface area contributed by atoms with Crippen LogP contribution in [0.1, 0.15) is 58.7 Å². The van der Waals surface area contributed by atoms with Crippen LogP contribution in [0.15, 0.2) is 24.5 Å². The van der Waals surface area contributed by atoms with Gasteiger partial charge in [-0.15, -0.1) is 0 Å². The molecule has 38 heavy (non-hydrogen) atoms. The third kappa shape index (κ3) is 9.22. The standard InChI is InChI=1S/C10H14N4.C8H14N4.C7H13N5/c1-6(2)7-5-14(3)8-4-12-10(11)13-9(7)8;1-5(2)10-7-4-6(3)11-8(9)12-7;1-4(2)10-6-3-5(8)11-7(9)12-6/h4-6H,1-3H3,(H2,11,12,13);4-5H,1-3H3,(H3,9,10,11,12);3-4H,1-2H3,(H5,8,9,10,11,12). The van der Waals surface area contributed by atoms with Crippen LogP contribution in [-0.2, 0) is 7.05 Å². The van der Waals surface area contributed by atoms with Gasteiger partial charge in [0, 0.05) is 43.2 Å². The van der Waals surface area contributed by atoms with Crippen LogP contribution in [0.5, 0.6) is 0 Å². The minimum absolute atomic E-state index is 0.193. The molecule has 4 heterocycles. The smallest absolute Gasteiger partial charge is 0.223 e. The van der Waals surface area contributed by atoms with Gasteiger partial charge in [-0.3, -0.25) is 0 Å². The topological polar surface area (TPSA) is 210 Å². The van der Waals surface area contributed by atoms with Crippen molar-refractivity contribution in [2.45, 2.75) is 66.5 Å². The van der Waals surface area contributed by atoms with E-state index < -0.39 is 0 Å². The zero-order chi connectivity index (χ0) is 28.6. The number of hydrogen-bond donors (Lipinski definition) is 6. The Morgan fingerprint density at radius 1 is 0.737 bits per heavy atom. The molecular weight excluding hydrogens is 482 g/mol. The highest BCUT2D eigenvalue weighted by atomic mass is 15.1. The SMILES string of the molecule is CC(C)Nc1cc(N)nc(N)n1.CC(C)c1cn(C)c2cnc(N)nc12.Cc1cc(NC(C)C)nc(N)n1. The monoisotopic (exact) mass is 523 g/mol. The van der Waals surface area contributed by atoms with Gasteiger partial charge in [0.2, 0.25) is 17.8 Å². The summed E-state index contributed by atoms with van der Waals surface area (Å²) < 4.78 is 2.03. The second kappa shape index (κ2) is 13.2. The molecule has 0 aliphatic heterocycles. The molecule has 10 N–H and O–H groups in total. The predicted molar refractivity (Wildman–Crippen MR) is 157 cm³/mol. The van der Waals surface area contributed by atoms with Crippen molar-refractivity contribution in [3.8, 4) is 0 Å². The van der Waals surface area contributed by atoms with Crippen LogP contribution < -0.4 is 33.6 Å². The van der Waals surface area contributed by atoms with Crippen LogP contribution >= 0.6 is 0 Å². The Kier molecular flexibility index (Phi) is 10.4. The average molecular weight is 524 g/mol. The fraction of sp³-hybridized carbons (Fsp3) is 0.440. The molecule has 0 aromatic carbocycles. The van der Waals surface area contributed by atoms with Crippen molar-refractivity contribution >= 4 is 46.3 Å². The highest BCUT2D eigenvalue weighted by Crippen LogP contribution is 2.25. The molecule has 0 radical (unpaired) electrons. The molecule has 0 bridgehead atoms. The van der Waals surface area contributed by atoms with Crippen molar-refractivity contribution in [1.29, 1.82) is 0 Å². The normalized spacial score (nSPS) is 10.7. The molecule has 13 heteroatoms.